The maximum absolute atomic E-state index is 11.6. The summed E-state index contributed by atoms with van der Waals surface area (Å²) in [6, 6.07) is 12.3. The second kappa shape index (κ2) is 9.13. The van der Waals surface area contributed by atoms with Crippen molar-refractivity contribution in [1.82, 2.24) is 15.5 Å². The van der Waals surface area contributed by atoms with Crippen molar-refractivity contribution in [3.05, 3.63) is 63.4 Å². The summed E-state index contributed by atoms with van der Waals surface area (Å²) in [6.07, 6.45) is 0. The highest BCUT2D eigenvalue weighted by molar-refractivity contribution is 9.10. The summed E-state index contributed by atoms with van der Waals surface area (Å²) >= 11 is 14.8. The predicted molar refractivity (Wildman–Crippen MR) is 113 cm³/mol. The zero-order valence-corrected chi connectivity index (χ0v) is 17.7. The highest BCUT2D eigenvalue weighted by Gasteiger charge is 2.12. The van der Waals surface area contributed by atoms with Gasteiger partial charge in [-0.3, -0.25) is 0 Å². The third kappa shape index (κ3) is 5.06. The van der Waals surface area contributed by atoms with Crippen LogP contribution in [0, 0.1) is 0 Å². The number of hydrogen-bond acceptors (Lipinski definition) is 6. The number of anilines is 1. The third-order valence-electron chi connectivity index (χ3n) is 3.59. The van der Waals surface area contributed by atoms with E-state index in [0.717, 1.165) is 10.0 Å². The molecule has 0 amide bonds. The molecule has 3 aromatic rings. The number of hydrogen-bond donors (Lipinski definition) is 2. The van der Waals surface area contributed by atoms with Gasteiger partial charge >= 0.3 is 5.97 Å². The van der Waals surface area contributed by atoms with Gasteiger partial charge in [0.15, 0.2) is 5.11 Å². The third-order valence-corrected chi connectivity index (χ3v) is 4.66. The molecule has 0 unspecified atom stereocenters. The maximum atomic E-state index is 11.6. The summed E-state index contributed by atoms with van der Waals surface area (Å²) in [7, 11) is 1.31. The second-order valence-corrected chi connectivity index (χ2v) is 7.25. The zero-order valence-electron chi connectivity index (χ0n) is 14.5. The fraction of sp³-hybridized carbons (Fsp3) is 0.111. The molecule has 28 heavy (non-hydrogen) atoms. The van der Waals surface area contributed by atoms with Crippen LogP contribution in [0.5, 0.6) is 0 Å². The Hall–Kier alpha value is -2.49. The normalized spacial score (nSPS) is 10.4. The molecule has 0 saturated heterocycles. The average Bonchev–Trinajstić information content (AvgIpc) is 3.16. The average molecular weight is 482 g/mol. The SMILES string of the molecule is COC(=O)c1ccc(Cl)c(NC(=S)NCc2nc(-c3cccc(Br)c3)no2)c1. The van der Waals surface area contributed by atoms with Crippen LogP contribution >= 0.6 is 39.7 Å². The van der Waals surface area contributed by atoms with Crippen molar-refractivity contribution >= 4 is 56.5 Å². The van der Waals surface area contributed by atoms with Crippen LogP contribution in [0.2, 0.25) is 5.02 Å². The zero-order chi connectivity index (χ0) is 20.1. The Morgan fingerprint density at radius 3 is 2.89 bits per heavy atom. The van der Waals surface area contributed by atoms with Crippen molar-refractivity contribution in [1.29, 1.82) is 0 Å². The van der Waals surface area contributed by atoms with Crippen molar-refractivity contribution in [3.8, 4) is 11.4 Å². The minimum absolute atomic E-state index is 0.223. The molecule has 3 rings (SSSR count). The number of ether oxygens (including phenoxy) is 1. The largest absolute Gasteiger partial charge is 0.465 e. The molecule has 2 N–H and O–H groups in total. The van der Waals surface area contributed by atoms with E-state index >= 15 is 0 Å². The number of nitrogens with zero attached hydrogens (tertiary/aromatic N) is 2. The lowest BCUT2D eigenvalue weighted by atomic mass is 10.2. The Labute approximate surface area is 179 Å². The van der Waals surface area contributed by atoms with E-state index in [1.54, 1.807) is 18.2 Å². The highest BCUT2D eigenvalue weighted by atomic mass is 79.9. The lowest BCUT2D eigenvalue weighted by Crippen LogP contribution is -2.28. The summed E-state index contributed by atoms with van der Waals surface area (Å²) in [6.45, 7) is 0.223. The maximum Gasteiger partial charge on any atom is 0.337 e. The Morgan fingerprint density at radius 1 is 1.32 bits per heavy atom. The van der Waals surface area contributed by atoms with Gasteiger partial charge in [0, 0.05) is 10.0 Å². The van der Waals surface area contributed by atoms with Gasteiger partial charge in [-0.15, -0.1) is 0 Å². The van der Waals surface area contributed by atoms with Crippen molar-refractivity contribution in [3.63, 3.8) is 0 Å². The lowest BCUT2D eigenvalue weighted by Gasteiger charge is -2.11. The number of nitrogens with one attached hydrogen (secondary N) is 2. The predicted octanol–water partition coefficient (Wildman–Crippen LogP) is 4.43. The fourth-order valence-corrected chi connectivity index (χ4v) is 3.01. The highest BCUT2D eigenvalue weighted by Crippen LogP contribution is 2.23. The molecule has 10 heteroatoms. The van der Waals surface area contributed by atoms with Crippen molar-refractivity contribution in [2.45, 2.75) is 6.54 Å². The topological polar surface area (TPSA) is 89.3 Å². The minimum Gasteiger partial charge on any atom is -0.465 e. The molecular weight excluding hydrogens is 468 g/mol. The van der Waals surface area contributed by atoms with Crippen LogP contribution in [0.25, 0.3) is 11.4 Å². The number of aromatic nitrogens is 2. The minimum atomic E-state index is -0.468. The molecular formula is C18H14BrClN4O3S. The molecule has 7 nitrogen and oxygen atoms in total. The molecule has 0 spiro atoms. The number of esters is 1. The Morgan fingerprint density at radius 2 is 2.14 bits per heavy atom. The van der Waals surface area contributed by atoms with Gasteiger partial charge in [-0.2, -0.15) is 4.98 Å². The van der Waals surface area contributed by atoms with Crippen molar-refractivity contribution < 1.29 is 14.1 Å². The second-order valence-electron chi connectivity index (χ2n) is 5.52. The van der Waals surface area contributed by atoms with Gasteiger partial charge in [-0.25, -0.2) is 4.79 Å². The number of thiocarbonyl (C=S) groups is 1. The summed E-state index contributed by atoms with van der Waals surface area (Å²) in [4.78, 5) is 16.0. The van der Waals surface area contributed by atoms with Crippen LogP contribution in [0.3, 0.4) is 0 Å². The molecule has 0 aliphatic rings. The van der Waals surface area contributed by atoms with E-state index in [1.165, 1.54) is 7.11 Å². The van der Waals surface area contributed by atoms with Crippen LogP contribution in [-0.2, 0) is 11.3 Å². The van der Waals surface area contributed by atoms with Gasteiger partial charge in [0.05, 0.1) is 29.9 Å². The molecule has 0 atom stereocenters. The first-order chi connectivity index (χ1) is 13.5. The van der Waals surface area contributed by atoms with Crippen LogP contribution in [0.15, 0.2) is 51.5 Å². The number of rotatable bonds is 5. The molecule has 0 aliphatic heterocycles. The van der Waals surface area contributed by atoms with E-state index in [4.69, 9.17) is 33.1 Å². The number of carbonyl (C=O) groups is 1. The molecule has 0 radical (unpaired) electrons. The van der Waals surface area contributed by atoms with Crippen molar-refractivity contribution in [2.75, 3.05) is 12.4 Å². The Kier molecular flexibility index (Phi) is 6.61. The molecule has 2 aromatic carbocycles. The molecule has 0 fully saturated rings. The van der Waals surface area contributed by atoms with E-state index in [1.807, 2.05) is 24.3 Å². The van der Waals surface area contributed by atoms with E-state index < -0.39 is 5.97 Å². The number of benzene rings is 2. The monoisotopic (exact) mass is 480 g/mol. The molecule has 1 aromatic heterocycles. The number of halogens is 2. The summed E-state index contributed by atoms with van der Waals surface area (Å²) in [5.74, 6) is 0.379. The van der Waals surface area contributed by atoms with Gasteiger partial charge in [-0.1, -0.05) is 44.8 Å². The Bertz CT molecular complexity index is 1030. The number of methoxy groups -OCH3 is 1. The molecule has 0 bridgehead atoms. The van der Waals surface area contributed by atoms with Gasteiger partial charge in [0.1, 0.15) is 0 Å². The van der Waals surface area contributed by atoms with Gasteiger partial charge in [0.2, 0.25) is 11.7 Å². The van der Waals surface area contributed by atoms with Crippen LogP contribution < -0.4 is 10.6 Å². The smallest absolute Gasteiger partial charge is 0.337 e. The van der Waals surface area contributed by atoms with Gasteiger partial charge < -0.3 is 19.9 Å². The molecule has 0 saturated carbocycles. The van der Waals surface area contributed by atoms with Gasteiger partial charge in [-0.05, 0) is 42.5 Å². The van der Waals surface area contributed by atoms with Gasteiger partial charge in [0.25, 0.3) is 0 Å². The molecule has 1 heterocycles. The fourth-order valence-electron chi connectivity index (χ4n) is 2.26. The van der Waals surface area contributed by atoms with Crippen LogP contribution in [-0.4, -0.2) is 28.3 Å². The first-order valence-corrected chi connectivity index (χ1v) is 9.55. The molecule has 0 aliphatic carbocycles. The molecule has 144 valence electrons. The summed E-state index contributed by atoms with van der Waals surface area (Å²) < 4.78 is 10.9. The van der Waals surface area contributed by atoms with Crippen LogP contribution in [0.4, 0.5) is 5.69 Å². The van der Waals surface area contributed by atoms with E-state index in [2.05, 4.69) is 36.7 Å². The van der Waals surface area contributed by atoms with E-state index in [-0.39, 0.29) is 11.7 Å². The Balaban J connectivity index is 1.62. The number of carbonyl (C=O) groups excluding carboxylic acids is 1. The summed E-state index contributed by atoms with van der Waals surface area (Å²) in [5.41, 5.74) is 1.66. The van der Waals surface area contributed by atoms with Crippen molar-refractivity contribution in [2.24, 2.45) is 0 Å². The summed E-state index contributed by atoms with van der Waals surface area (Å²) in [5, 5.41) is 10.5. The van der Waals surface area contributed by atoms with E-state index in [0.29, 0.717) is 28.0 Å². The van der Waals surface area contributed by atoms with E-state index in [9.17, 15) is 4.79 Å². The first kappa shape index (κ1) is 20.2. The standard InChI is InChI=1S/C18H14BrClN4O3S/c1-26-17(25)11-5-6-13(20)14(8-11)22-18(28)21-9-15-23-16(24-27-15)10-3-2-4-12(19)7-10/h2-8H,9H2,1H3,(H2,21,22,28). The first-order valence-electron chi connectivity index (χ1n) is 7.97. The van der Waals surface area contributed by atoms with Crippen LogP contribution in [0.1, 0.15) is 16.2 Å². The lowest BCUT2D eigenvalue weighted by molar-refractivity contribution is 0.0601. The quantitative estimate of drug-likeness (QED) is 0.409.